The van der Waals surface area contributed by atoms with Crippen molar-refractivity contribution in [2.45, 2.75) is 63.2 Å². The van der Waals surface area contributed by atoms with Crippen LogP contribution in [0.5, 0.6) is 0 Å². The van der Waals surface area contributed by atoms with Gasteiger partial charge in [-0.15, -0.1) is 0 Å². The molecule has 0 aromatic rings. The molecule has 0 aromatic carbocycles. The van der Waals surface area contributed by atoms with E-state index in [1.54, 1.807) is 0 Å². The summed E-state index contributed by atoms with van der Waals surface area (Å²) >= 11 is 1.96. The Morgan fingerprint density at radius 3 is 2.82 bits per heavy atom. The molecule has 0 heterocycles. The summed E-state index contributed by atoms with van der Waals surface area (Å²) < 4.78 is 0. The van der Waals surface area contributed by atoms with E-state index in [-0.39, 0.29) is 0 Å². The number of hydrogen-bond acceptors (Lipinski definition) is 3. The summed E-state index contributed by atoms with van der Waals surface area (Å²) in [4.78, 5) is 11.4. The van der Waals surface area contributed by atoms with E-state index >= 15 is 0 Å². The van der Waals surface area contributed by atoms with Gasteiger partial charge in [-0.25, -0.2) is 0 Å². The summed E-state index contributed by atoms with van der Waals surface area (Å²) in [5.41, 5.74) is -0.639. The smallest absolute Gasteiger partial charge is 0.323 e. The summed E-state index contributed by atoms with van der Waals surface area (Å²) in [6.45, 7) is 5.07. The first kappa shape index (κ1) is 14.8. The molecule has 1 saturated carbocycles. The van der Waals surface area contributed by atoms with E-state index < -0.39 is 11.5 Å². The summed E-state index contributed by atoms with van der Waals surface area (Å²) in [7, 11) is 0. The van der Waals surface area contributed by atoms with Gasteiger partial charge in [0.15, 0.2) is 0 Å². The van der Waals surface area contributed by atoms with E-state index in [0.29, 0.717) is 5.25 Å². The van der Waals surface area contributed by atoms with Gasteiger partial charge < -0.3 is 10.4 Å². The molecule has 17 heavy (non-hydrogen) atoms. The minimum absolute atomic E-state index is 0.530. The number of carboxylic acids is 1. The molecule has 0 amide bonds. The average Bonchev–Trinajstić information content (AvgIpc) is 2.72. The highest BCUT2D eigenvalue weighted by atomic mass is 32.2. The quantitative estimate of drug-likeness (QED) is 0.658. The Balaban J connectivity index is 2.44. The van der Waals surface area contributed by atoms with Crippen LogP contribution in [0.3, 0.4) is 0 Å². The number of hydrogen-bond donors (Lipinski definition) is 2. The second-order valence-corrected chi connectivity index (χ2v) is 6.31. The fraction of sp³-hybridized carbons (Fsp3) is 0.923. The molecule has 3 nitrogen and oxygen atoms in total. The van der Waals surface area contributed by atoms with Crippen LogP contribution in [0.4, 0.5) is 0 Å². The molecule has 1 aliphatic carbocycles. The molecule has 0 bridgehead atoms. The Labute approximate surface area is 109 Å². The number of unbranched alkanes of at least 4 members (excludes halogenated alkanes) is 1. The van der Waals surface area contributed by atoms with Gasteiger partial charge in [0.05, 0.1) is 0 Å². The van der Waals surface area contributed by atoms with Crippen molar-refractivity contribution in [1.82, 2.24) is 5.32 Å². The van der Waals surface area contributed by atoms with Crippen molar-refractivity contribution in [2.24, 2.45) is 0 Å². The minimum Gasteiger partial charge on any atom is -0.480 e. The van der Waals surface area contributed by atoms with E-state index in [2.05, 4.69) is 19.2 Å². The monoisotopic (exact) mass is 259 g/mol. The van der Waals surface area contributed by atoms with Crippen molar-refractivity contribution in [3.05, 3.63) is 0 Å². The third-order valence-electron chi connectivity index (χ3n) is 3.44. The minimum atomic E-state index is -0.662. The molecule has 2 N–H and O–H groups in total. The van der Waals surface area contributed by atoms with Crippen molar-refractivity contribution >= 4 is 17.7 Å². The van der Waals surface area contributed by atoms with Gasteiger partial charge in [0.1, 0.15) is 5.54 Å². The van der Waals surface area contributed by atoms with Gasteiger partial charge in [0.2, 0.25) is 0 Å². The van der Waals surface area contributed by atoms with Crippen LogP contribution in [0.15, 0.2) is 0 Å². The highest BCUT2D eigenvalue weighted by Gasteiger charge is 2.44. The van der Waals surface area contributed by atoms with Crippen LogP contribution >= 0.6 is 11.8 Å². The number of thioether (sulfide) groups is 1. The molecule has 1 fully saturated rings. The molecular weight excluding hydrogens is 234 g/mol. The van der Waals surface area contributed by atoms with Crippen LogP contribution in [-0.2, 0) is 4.79 Å². The first-order chi connectivity index (χ1) is 8.14. The van der Waals surface area contributed by atoms with Gasteiger partial charge in [-0.3, -0.25) is 4.79 Å². The number of carbonyl (C=O) groups is 1. The van der Waals surface area contributed by atoms with Crippen LogP contribution in [0.1, 0.15) is 52.4 Å². The first-order valence-corrected chi connectivity index (χ1v) is 7.79. The lowest BCUT2D eigenvalue weighted by molar-refractivity contribution is -0.144. The first-order valence-electron chi connectivity index (χ1n) is 6.74. The van der Waals surface area contributed by atoms with Crippen LogP contribution in [0, 0.1) is 0 Å². The largest absolute Gasteiger partial charge is 0.480 e. The van der Waals surface area contributed by atoms with Crippen LogP contribution in [0.25, 0.3) is 0 Å². The second kappa shape index (κ2) is 7.27. The fourth-order valence-electron chi connectivity index (χ4n) is 2.33. The van der Waals surface area contributed by atoms with Crippen molar-refractivity contribution in [3.63, 3.8) is 0 Å². The maximum Gasteiger partial charge on any atom is 0.323 e. The molecule has 1 rings (SSSR count). The average molecular weight is 259 g/mol. The zero-order valence-corrected chi connectivity index (χ0v) is 11.8. The third-order valence-corrected chi connectivity index (χ3v) is 4.84. The molecule has 4 heteroatoms. The molecule has 1 aliphatic rings. The van der Waals surface area contributed by atoms with E-state index in [0.717, 1.165) is 32.2 Å². The molecular formula is C13H25NO2S. The fourth-order valence-corrected chi connectivity index (χ4v) is 3.81. The SMILES string of the molecule is CCCCSC1CCC(NCCC)(C(=O)O)C1. The molecule has 2 atom stereocenters. The lowest BCUT2D eigenvalue weighted by atomic mass is 9.98. The van der Waals surface area contributed by atoms with Crippen molar-refractivity contribution in [1.29, 1.82) is 0 Å². The standard InChI is InChI=1S/C13H25NO2S/c1-3-5-9-17-11-6-7-13(10-11,12(15)16)14-8-4-2/h11,14H,3-10H2,1-2H3,(H,15,16). The Hall–Kier alpha value is -0.220. The maximum atomic E-state index is 11.4. The normalized spacial score (nSPS) is 28.5. The van der Waals surface area contributed by atoms with Gasteiger partial charge in [-0.1, -0.05) is 20.3 Å². The van der Waals surface area contributed by atoms with Gasteiger partial charge >= 0.3 is 5.97 Å². The molecule has 100 valence electrons. The van der Waals surface area contributed by atoms with E-state index in [1.165, 1.54) is 18.6 Å². The Morgan fingerprint density at radius 2 is 2.24 bits per heavy atom. The summed E-state index contributed by atoms with van der Waals surface area (Å²) in [5, 5.41) is 13.2. The lowest BCUT2D eigenvalue weighted by Crippen LogP contribution is -2.50. The molecule has 0 saturated heterocycles. The van der Waals surface area contributed by atoms with Crippen molar-refractivity contribution < 1.29 is 9.90 Å². The molecule has 0 spiro atoms. The molecule has 0 radical (unpaired) electrons. The number of rotatable bonds is 8. The van der Waals surface area contributed by atoms with E-state index in [9.17, 15) is 9.90 Å². The van der Waals surface area contributed by atoms with Crippen LogP contribution in [0.2, 0.25) is 0 Å². The van der Waals surface area contributed by atoms with Crippen molar-refractivity contribution in [2.75, 3.05) is 12.3 Å². The predicted octanol–water partition coefficient (Wildman–Crippen LogP) is 2.90. The number of aliphatic carboxylic acids is 1. The number of carboxylic acid groups (broad SMARTS) is 1. The van der Waals surface area contributed by atoms with Crippen LogP contribution < -0.4 is 5.32 Å². The molecule has 0 aromatic heterocycles. The highest BCUT2D eigenvalue weighted by Crippen LogP contribution is 2.37. The molecule has 2 unspecified atom stereocenters. The van der Waals surface area contributed by atoms with Crippen LogP contribution in [-0.4, -0.2) is 34.2 Å². The maximum absolute atomic E-state index is 11.4. The Bertz CT molecular complexity index is 248. The third kappa shape index (κ3) is 4.18. The Kier molecular flexibility index (Phi) is 6.34. The summed E-state index contributed by atoms with van der Waals surface area (Å²) in [6, 6.07) is 0. The predicted molar refractivity (Wildman–Crippen MR) is 73.7 cm³/mol. The van der Waals surface area contributed by atoms with E-state index in [1.807, 2.05) is 11.8 Å². The summed E-state index contributed by atoms with van der Waals surface area (Å²) in [5.74, 6) is 0.509. The molecule has 0 aliphatic heterocycles. The topological polar surface area (TPSA) is 49.3 Å². The van der Waals surface area contributed by atoms with Gasteiger partial charge in [-0.05, 0) is 44.4 Å². The second-order valence-electron chi connectivity index (χ2n) is 4.90. The number of nitrogens with one attached hydrogen (secondary N) is 1. The van der Waals surface area contributed by atoms with E-state index in [4.69, 9.17) is 0 Å². The zero-order valence-electron chi connectivity index (χ0n) is 11.0. The Morgan fingerprint density at radius 1 is 1.47 bits per heavy atom. The van der Waals surface area contributed by atoms with Gasteiger partial charge in [0.25, 0.3) is 0 Å². The van der Waals surface area contributed by atoms with Gasteiger partial charge in [0, 0.05) is 5.25 Å². The summed E-state index contributed by atoms with van der Waals surface area (Å²) in [6.07, 6.45) is 6.06. The lowest BCUT2D eigenvalue weighted by Gasteiger charge is -2.25. The van der Waals surface area contributed by atoms with Gasteiger partial charge in [-0.2, -0.15) is 11.8 Å². The zero-order chi connectivity index (χ0) is 12.7. The van der Waals surface area contributed by atoms with Crippen molar-refractivity contribution in [3.8, 4) is 0 Å². The highest BCUT2D eigenvalue weighted by molar-refractivity contribution is 7.99.